The molecule has 102 valence electrons. The van der Waals surface area contributed by atoms with Gasteiger partial charge in [-0.2, -0.15) is 0 Å². The molecule has 4 nitrogen and oxygen atoms in total. The van der Waals surface area contributed by atoms with Crippen molar-refractivity contribution in [1.82, 2.24) is 4.72 Å². The number of rotatable bonds is 5. The molecule has 0 aromatic carbocycles. The summed E-state index contributed by atoms with van der Waals surface area (Å²) >= 11 is 0. The number of hydrogen-bond acceptors (Lipinski definition) is 3. The van der Waals surface area contributed by atoms with E-state index in [9.17, 15) is 8.42 Å². The van der Waals surface area contributed by atoms with Crippen LogP contribution in [0.2, 0.25) is 0 Å². The van der Waals surface area contributed by atoms with Crippen LogP contribution in [0.4, 0.5) is 0 Å². The Hall–Kier alpha value is -0.130. The Balaban J connectivity index is 2.64. The third-order valence-electron chi connectivity index (χ3n) is 3.69. The molecule has 0 radical (unpaired) electrons. The molecule has 0 aromatic heterocycles. The van der Waals surface area contributed by atoms with Crippen LogP contribution in [-0.4, -0.2) is 26.3 Å². The third kappa shape index (κ3) is 4.23. The van der Waals surface area contributed by atoms with E-state index in [1.807, 2.05) is 6.92 Å². The lowest BCUT2D eigenvalue weighted by Crippen LogP contribution is -2.46. The van der Waals surface area contributed by atoms with Gasteiger partial charge in [0.2, 0.25) is 10.0 Å². The van der Waals surface area contributed by atoms with E-state index in [2.05, 4.69) is 18.6 Å². The molecule has 1 aliphatic rings. The average Bonchev–Trinajstić information content (AvgIpc) is 2.16. The van der Waals surface area contributed by atoms with Crippen molar-refractivity contribution < 1.29 is 8.42 Å². The molecule has 1 rings (SSSR count). The van der Waals surface area contributed by atoms with E-state index in [-0.39, 0.29) is 18.0 Å². The van der Waals surface area contributed by atoms with Crippen LogP contribution in [0.3, 0.4) is 0 Å². The van der Waals surface area contributed by atoms with Crippen LogP contribution < -0.4 is 10.5 Å². The van der Waals surface area contributed by atoms with Crippen molar-refractivity contribution in [3.8, 4) is 0 Å². The maximum absolute atomic E-state index is 12.1. The topological polar surface area (TPSA) is 72.2 Å². The summed E-state index contributed by atoms with van der Waals surface area (Å²) in [6.45, 7) is 6.46. The van der Waals surface area contributed by atoms with Crippen molar-refractivity contribution in [3.05, 3.63) is 0 Å². The first-order chi connectivity index (χ1) is 7.80. The van der Waals surface area contributed by atoms with Crippen LogP contribution >= 0.6 is 0 Å². The molecule has 2 atom stereocenters. The summed E-state index contributed by atoms with van der Waals surface area (Å²) in [5.74, 6) is 0. The van der Waals surface area contributed by atoms with Gasteiger partial charge in [0.1, 0.15) is 0 Å². The molecule has 1 fully saturated rings. The smallest absolute Gasteiger partial charge is 0.215 e. The van der Waals surface area contributed by atoms with Gasteiger partial charge in [0, 0.05) is 12.6 Å². The average molecular weight is 262 g/mol. The Bertz CT molecular complexity index is 334. The fourth-order valence-corrected chi connectivity index (χ4v) is 4.19. The minimum absolute atomic E-state index is 0.0874. The van der Waals surface area contributed by atoms with E-state index in [0.717, 1.165) is 19.3 Å². The van der Waals surface area contributed by atoms with Gasteiger partial charge in [-0.3, -0.25) is 0 Å². The highest BCUT2D eigenvalue weighted by atomic mass is 32.2. The molecule has 0 aromatic rings. The standard InChI is InChI=1S/C12H26N2O2S/c1-4-11(9-13)17(15,16)14-10-6-5-7-12(2,3)8-10/h10-11,14H,4-9,13H2,1-3H3. The molecule has 0 bridgehead atoms. The predicted molar refractivity (Wildman–Crippen MR) is 71.2 cm³/mol. The quantitative estimate of drug-likeness (QED) is 0.790. The van der Waals surface area contributed by atoms with Gasteiger partial charge >= 0.3 is 0 Å². The van der Waals surface area contributed by atoms with Crippen LogP contribution in [0, 0.1) is 5.41 Å². The maximum atomic E-state index is 12.1. The highest BCUT2D eigenvalue weighted by Gasteiger charge is 2.32. The van der Waals surface area contributed by atoms with Crippen molar-refractivity contribution in [2.45, 2.75) is 64.2 Å². The highest BCUT2D eigenvalue weighted by Crippen LogP contribution is 2.35. The number of hydrogen-bond donors (Lipinski definition) is 2. The maximum Gasteiger partial charge on any atom is 0.215 e. The Morgan fingerprint density at radius 2 is 2.12 bits per heavy atom. The van der Waals surface area contributed by atoms with Gasteiger partial charge in [-0.15, -0.1) is 0 Å². The fraction of sp³-hybridized carbons (Fsp3) is 1.00. The molecule has 1 aliphatic carbocycles. The van der Waals surface area contributed by atoms with Crippen LogP contribution in [0.1, 0.15) is 52.9 Å². The van der Waals surface area contributed by atoms with Crippen LogP contribution in [0.15, 0.2) is 0 Å². The molecule has 0 heterocycles. The molecule has 0 amide bonds. The Labute approximate surface area is 105 Å². The zero-order chi connectivity index (χ0) is 13.1. The van der Waals surface area contributed by atoms with E-state index in [4.69, 9.17) is 5.73 Å². The Kier molecular flexibility index (Phi) is 4.98. The molecule has 3 N–H and O–H groups in total. The second-order valence-corrected chi connectivity index (χ2v) is 7.88. The highest BCUT2D eigenvalue weighted by molar-refractivity contribution is 7.90. The normalized spacial score (nSPS) is 26.7. The first-order valence-electron chi connectivity index (χ1n) is 6.52. The lowest BCUT2D eigenvalue weighted by molar-refractivity contribution is 0.212. The summed E-state index contributed by atoms with van der Waals surface area (Å²) in [4.78, 5) is 0. The van der Waals surface area contributed by atoms with Gasteiger partial charge in [0.05, 0.1) is 5.25 Å². The van der Waals surface area contributed by atoms with Gasteiger partial charge in [0.15, 0.2) is 0 Å². The molecular weight excluding hydrogens is 236 g/mol. The second-order valence-electron chi connectivity index (χ2n) is 5.89. The van der Waals surface area contributed by atoms with Gasteiger partial charge in [-0.05, 0) is 31.1 Å². The van der Waals surface area contributed by atoms with E-state index in [1.54, 1.807) is 0 Å². The van der Waals surface area contributed by atoms with Crippen molar-refractivity contribution in [3.63, 3.8) is 0 Å². The first kappa shape index (κ1) is 14.9. The van der Waals surface area contributed by atoms with Crippen molar-refractivity contribution in [1.29, 1.82) is 0 Å². The minimum Gasteiger partial charge on any atom is -0.329 e. The summed E-state index contributed by atoms with van der Waals surface area (Å²) in [6.07, 6.45) is 4.72. The third-order valence-corrected chi connectivity index (χ3v) is 5.76. The van der Waals surface area contributed by atoms with Gasteiger partial charge in [0.25, 0.3) is 0 Å². The molecule has 0 spiro atoms. The zero-order valence-electron chi connectivity index (χ0n) is 11.2. The second kappa shape index (κ2) is 5.67. The molecular formula is C12H26N2O2S. The number of sulfonamides is 1. The molecule has 1 saturated carbocycles. The van der Waals surface area contributed by atoms with E-state index in [1.165, 1.54) is 6.42 Å². The lowest BCUT2D eigenvalue weighted by Gasteiger charge is -2.35. The van der Waals surface area contributed by atoms with Crippen molar-refractivity contribution in [2.75, 3.05) is 6.54 Å². The van der Waals surface area contributed by atoms with Crippen molar-refractivity contribution in [2.24, 2.45) is 11.1 Å². The number of nitrogens with two attached hydrogens (primary N) is 1. The van der Waals surface area contributed by atoms with E-state index in [0.29, 0.717) is 6.42 Å². The van der Waals surface area contributed by atoms with Gasteiger partial charge < -0.3 is 5.73 Å². The summed E-state index contributed by atoms with van der Waals surface area (Å²) in [7, 11) is -3.25. The number of nitrogens with one attached hydrogen (secondary N) is 1. The van der Waals surface area contributed by atoms with Gasteiger partial charge in [-0.25, -0.2) is 13.1 Å². The lowest BCUT2D eigenvalue weighted by atomic mass is 9.75. The fourth-order valence-electron chi connectivity index (χ4n) is 2.64. The largest absolute Gasteiger partial charge is 0.329 e. The summed E-state index contributed by atoms with van der Waals surface area (Å²) in [6, 6.07) is 0.0874. The van der Waals surface area contributed by atoms with Gasteiger partial charge in [-0.1, -0.05) is 27.2 Å². The summed E-state index contributed by atoms with van der Waals surface area (Å²) < 4.78 is 27.0. The zero-order valence-corrected chi connectivity index (χ0v) is 12.0. The summed E-state index contributed by atoms with van der Waals surface area (Å²) in [5.41, 5.74) is 5.75. The minimum atomic E-state index is -3.25. The van der Waals surface area contributed by atoms with Crippen molar-refractivity contribution >= 4 is 10.0 Å². The Morgan fingerprint density at radius 1 is 1.47 bits per heavy atom. The predicted octanol–water partition coefficient (Wildman–Crippen LogP) is 1.61. The molecule has 0 aliphatic heterocycles. The SMILES string of the molecule is CCC(CN)S(=O)(=O)NC1CCCC(C)(C)C1. The molecule has 2 unspecified atom stereocenters. The van der Waals surface area contributed by atoms with Crippen LogP contribution in [0.5, 0.6) is 0 Å². The first-order valence-corrected chi connectivity index (χ1v) is 8.06. The molecule has 5 heteroatoms. The van der Waals surface area contributed by atoms with Crippen LogP contribution in [0.25, 0.3) is 0 Å². The molecule has 0 saturated heterocycles. The Morgan fingerprint density at radius 3 is 2.59 bits per heavy atom. The van der Waals surface area contributed by atoms with E-state index >= 15 is 0 Å². The molecule has 17 heavy (non-hydrogen) atoms. The monoisotopic (exact) mass is 262 g/mol. The van der Waals surface area contributed by atoms with E-state index < -0.39 is 15.3 Å². The van der Waals surface area contributed by atoms with Crippen LogP contribution in [-0.2, 0) is 10.0 Å². The summed E-state index contributed by atoms with van der Waals surface area (Å²) in [5, 5.41) is -0.451.